The van der Waals surface area contributed by atoms with Crippen molar-refractivity contribution in [3.05, 3.63) is 23.5 Å². The predicted octanol–water partition coefficient (Wildman–Crippen LogP) is 0.779. The summed E-state index contributed by atoms with van der Waals surface area (Å²) in [7, 11) is 5.48. The van der Waals surface area contributed by atoms with Crippen LogP contribution >= 0.6 is 11.8 Å². The number of likely N-dealkylation sites (N-methyl/N-ethyl adjacent to an activating group) is 1. The number of hydrogen-bond donors (Lipinski definition) is 3. The summed E-state index contributed by atoms with van der Waals surface area (Å²) in [5.74, 6) is -1.12. The van der Waals surface area contributed by atoms with Gasteiger partial charge in [0.2, 0.25) is 5.91 Å². The van der Waals surface area contributed by atoms with E-state index >= 15 is 0 Å². The Labute approximate surface area is 204 Å². The molecule has 0 radical (unpaired) electrons. The van der Waals surface area contributed by atoms with Gasteiger partial charge in [-0.25, -0.2) is 9.79 Å². The third-order valence-electron chi connectivity index (χ3n) is 6.51. The van der Waals surface area contributed by atoms with Crippen LogP contribution in [0.3, 0.4) is 0 Å². The van der Waals surface area contributed by atoms with Crippen molar-refractivity contribution in [1.29, 1.82) is 0 Å². The summed E-state index contributed by atoms with van der Waals surface area (Å²) in [5, 5.41) is 23.6. The van der Waals surface area contributed by atoms with Crippen LogP contribution in [0.15, 0.2) is 33.5 Å². The number of thioether (sulfide) groups is 1. The first-order chi connectivity index (χ1) is 15.7. The van der Waals surface area contributed by atoms with Gasteiger partial charge < -0.3 is 24.9 Å². The van der Waals surface area contributed by atoms with E-state index in [2.05, 4.69) is 15.3 Å². The maximum absolute atomic E-state index is 12.9. The lowest BCUT2D eigenvalue weighted by Crippen LogP contribution is -2.52. The fraction of sp³-hybridized carbons (Fsp3) is 0.609. The number of amides is 1. The summed E-state index contributed by atoms with van der Waals surface area (Å²) in [4.78, 5) is 47.6. The van der Waals surface area contributed by atoms with Crippen LogP contribution < -0.4 is 5.32 Å². The maximum atomic E-state index is 12.9. The molecule has 0 spiro atoms. The monoisotopic (exact) mass is 492 g/mol. The molecule has 1 fully saturated rings. The lowest BCUT2D eigenvalue weighted by atomic mass is 9.92. The van der Waals surface area contributed by atoms with Crippen molar-refractivity contribution in [3.8, 4) is 0 Å². The molecule has 34 heavy (non-hydrogen) atoms. The summed E-state index contributed by atoms with van der Waals surface area (Å²) in [5.41, 5.74) is 0.311. The van der Waals surface area contributed by atoms with E-state index < -0.39 is 28.9 Å². The molecule has 3 N–H and O–H groups in total. The average Bonchev–Trinajstić information content (AvgIpc) is 3.29. The molecule has 0 aliphatic carbocycles. The van der Waals surface area contributed by atoms with Gasteiger partial charge >= 0.3 is 5.97 Å². The Kier molecular flexibility index (Phi) is 7.12. The minimum atomic E-state index is -1.20. The quantitative estimate of drug-likeness (QED) is 0.353. The number of allylic oxidation sites excluding steroid dienone is 1. The molecule has 0 unspecified atom stereocenters. The number of rotatable bonds is 7. The highest BCUT2D eigenvalue weighted by molar-refractivity contribution is 8.14. The smallest absolute Gasteiger partial charge is 0.362 e. The molecular weight excluding hydrogens is 458 g/mol. The first kappa shape index (κ1) is 26.1. The number of carboxylic acids is 1. The van der Waals surface area contributed by atoms with Crippen molar-refractivity contribution < 1.29 is 29.1 Å². The first-order valence-electron chi connectivity index (χ1n) is 11.2. The third-order valence-corrected chi connectivity index (χ3v) is 7.86. The second kappa shape index (κ2) is 9.27. The summed E-state index contributed by atoms with van der Waals surface area (Å²) in [6, 6.07) is -0.942. The standard InChI is InChI=1S/C23H33N5O5S/c1-12(2)8-18(30)26-17-10-16(29)23(4)20(31)19(13(3)27(17)23)34-22-24-11-14(25-22)9-15(21(32)33)28(5,6)7/h8,10,13,15,19-20,31H,9,11H2,1-7H3,(H-,26,29,30,32,33)/p+1/t13-,15-,19-,20+,23+/m0/s1. The maximum Gasteiger partial charge on any atom is 0.362 e. The van der Waals surface area contributed by atoms with Crippen molar-refractivity contribution in [1.82, 2.24) is 10.2 Å². The fourth-order valence-corrected chi connectivity index (χ4v) is 5.91. The van der Waals surface area contributed by atoms with Gasteiger partial charge in [-0.3, -0.25) is 14.6 Å². The molecule has 11 heteroatoms. The highest BCUT2D eigenvalue weighted by atomic mass is 32.2. The predicted molar refractivity (Wildman–Crippen MR) is 132 cm³/mol. The van der Waals surface area contributed by atoms with Gasteiger partial charge in [0, 0.05) is 23.9 Å². The Morgan fingerprint density at radius 2 is 2.03 bits per heavy atom. The molecule has 186 valence electrons. The van der Waals surface area contributed by atoms with E-state index in [1.54, 1.807) is 11.8 Å². The van der Waals surface area contributed by atoms with E-state index in [4.69, 9.17) is 0 Å². The van der Waals surface area contributed by atoms with Crippen molar-refractivity contribution in [3.63, 3.8) is 0 Å². The molecule has 3 aliphatic heterocycles. The molecule has 0 aromatic carbocycles. The number of aliphatic hydroxyl groups is 1. The minimum absolute atomic E-state index is 0.262. The van der Waals surface area contributed by atoms with Gasteiger partial charge in [-0.05, 0) is 27.7 Å². The molecule has 10 nitrogen and oxygen atoms in total. The Morgan fingerprint density at radius 1 is 1.38 bits per heavy atom. The van der Waals surface area contributed by atoms with Gasteiger partial charge in [-0.15, -0.1) is 0 Å². The summed E-state index contributed by atoms with van der Waals surface area (Å²) in [6.07, 6.45) is 2.08. The van der Waals surface area contributed by atoms with Crippen LogP contribution in [0.4, 0.5) is 0 Å². The Morgan fingerprint density at radius 3 is 2.59 bits per heavy atom. The second-order valence-electron chi connectivity index (χ2n) is 10.3. The van der Waals surface area contributed by atoms with Crippen LogP contribution in [0.2, 0.25) is 0 Å². The average molecular weight is 493 g/mol. The van der Waals surface area contributed by atoms with E-state index in [1.165, 1.54) is 23.9 Å². The Hall–Kier alpha value is -2.50. The lowest BCUT2D eigenvalue weighted by molar-refractivity contribution is -0.886. The van der Waals surface area contributed by atoms with E-state index in [0.29, 0.717) is 23.2 Å². The van der Waals surface area contributed by atoms with Crippen molar-refractivity contribution in [2.24, 2.45) is 9.98 Å². The second-order valence-corrected chi connectivity index (χ2v) is 11.5. The molecule has 0 saturated carbocycles. The largest absolute Gasteiger partial charge is 0.477 e. The van der Waals surface area contributed by atoms with Gasteiger partial charge in [0.05, 0.1) is 45.5 Å². The van der Waals surface area contributed by atoms with Gasteiger partial charge in [0.15, 0.2) is 17.0 Å². The van der Waals surface area contributed by atoms with Crippen LogP contribution in [-0.2, 0) is 14.4 Å². The molecule has 5 atom stereocenters. The number of nitrogens with one attached hydrogen (secondary N) is 1. The number of aliphatic carboxylic acids is 1. The molecule has 1 amide bonds. The normalized spacial score (nSPS) is 29.3. The molecule has 3 rings (SSSR count). The highest BCUT2D eigenvalue weighted by Crippen LogP contribution is 2.46. The lowest BCUT2D eigenvalue weighted by Gasteiger charge is -2.34. The fourth-order valence-electron chi connectivity index (χ4n) is 4.63. The van der Waals surface area contributed by atoms with Crippen LogP contribution in [0.25, 0.3) is 0 Å². The number of carbonyl (C=O) groups excluding carboxylic acids is 2. The number of fused-ring (bicyclic) bond motifs is 1. The summed E-state index contributed by atoms with van der Waals surface area (Å²) in [6.45, 7) is 7.50. The van der Waals surface area contributed by atoms with Gasteiger partial charge in [-0.1, -0.05) is 17.3 Å². The third kappa shape index (κ3) is 4.82. The zero-order chi connectivity index (χ0) is 25.6. The number of carbonyl (C=O) groups is 3. The van der Waals surface area contributed by atoms with Gasteiger partial charge in [0.1, 0.15) is 11.4 Å². The number of ketones is 1. The molecule has 1 saturated heterocycles. The van der Waals surface area contributed by atoms with Crippen LogP contribution in [0.1, 0.15) is 34.1 Å². The van der Waals surface area contributed by atoms with Crippen LogP contribution in [-0.4, -0.2) is 105 Å². The molecule has 3 aliphatic rings. The number of nitrogens with zero attached hydrogens (tertiary/aromatic N) is 4. The SMILES string of the molecule is CC(C)=CC(=O)NC1=CC(=O)[C@]2(C)[C@H](O)[C@@H](SC3=NCC(C[C@@H](C(=O)O)[N+](C)(C)C)=N3)[C@H](C)N12. The summed E-state index contributed by atoms with van der Waals surface area (Å²) < 4.78 is 0.262. The van der Waals surface area contributed by atoms with Crippen LogP contribution in [0.5, 0.6) is 0 Å². The number of aliphatic imine (C=N–C) groups is 2. The van der Waals surface area contributed by atoms with Crippen molar-refractivity contribution in [2.75, 3.05) is 27.7 Å². The van der Waals surface area contributed by atoms with E-state index in [9.17, 15) is 24.6 Å². The zero-order valence-corrected chi connectivity index (χ0v) is 21.5. The molecule has 0 aromatic heterocycles. The molecule has 3 heterocycles. The van der Waals surface area contributed by atoms with Gasteiger partial charge in [0.25, 0.3) is 0 Å². The number of carboxylic acid groups (broad SMARTS) is 1. The first-order valence-corrected chi connectivity index (χ1v) is 12.0. The van der Waals surface area contributed by atoms with E-state index in [1.807, 2.05) is 41.9 Å². The minimum Gasteiger partial charge on any atom is -0.477 e. The van der Waals surface area contributed by atoms with Crippen molar-refractivity contribution in [2.45, 2.75) is 63.1 Å². The topological polar surface area (TPSA) is 132 Å². The molecule has 0 bridgehead atoms. The molecule has 0 aromatic rings. The summed E-state index contributed by atoms with van der Waals surface area (Å²) >= 11 is 1.28. The van der Waals surface area contributed by atoms with Crippen molar-refractivity contribution >= 4 is 40.3 Å². The Bertz CT molecular complexity index is 1020. The zero-order valence-electron chi connectivity index (χ0n) is 20.7. The Balaban J connectivity index is 1.76. The van der Waals surface area contributed by atoms with Gasteiger partial charge in [-0.2, -0.15) is 0 Å². The van der Waals surface area contributed by atoms with E-state index in [-0.39, 0.29) is 28.6 Å². The number of hydrogen-bond acceptors (Lipinski definition) is 8. The number of amidine groups is 1. The molecular formula is C23H34N5O5S+. The highest BCUT2D eigenvalue weighted by Gasteiger charge is 2.62. The van der Waals surface area contributed by atoms with Crippen LogP contribution in [0, 0.1) is 0 Å². The van der Waals surface area contributed by atoms with E-state index in [0.717, 1.165) is 5.57 Å². The number of quaternary nitrogens is 1. The number of aliphatic hydroxyl groups excluding tert-OH is 1.